The van der Waals surface area contributed by atoms with E-state index in [1.165, 1.54) is 0 Å². The van der Waals surface area contributed by atoms with Crippen LogP contribution in [0.15, 0.2) is 5.16 Å². The summed E-state index contributed by atoms with van der Waals surface area (Å²) >= 11 is 0. The van der Waals surface area contributed by atoms with E-state index < -0.39 is 6.10 Å². The Bertz CT molecular complexity index is 93.6. The van der Waals surface area contributed by atoms with E-state index >= 15 is 0 Å². The van der Waals surface area contributed by atoms with Crippen LogP contribution >= 0.6 is 0 Å². The van der Waals surface area contributed by atoms with Gasteiger partial charge in [-0.2, -0.15) is 0 Å². The van der Waals surface area contributed by atoms with E-state index in [1.807, 2.05) is 0 Å². The molecule has 0 aliphatic carbocycles. The standard InChI is InChI=1S/C7H15NO2/c1-2-3-4-5-7(9)6-8-10/h6-7,9-10H,2-5H2,1H3. The van der Waals surface area contributed by atoms with E-state index in [2.05, 4.69) is 12.1 Å². The highest BCUT2D eigenvalue weighted by Crippen LogP contribution is 2.01. The van der Waals surface area contributed by atoms with Crippen molar-refractivity contribution < 1.29 is 10.3 Å². The SMILES string of the molecule is CCCCCC(O)C=NO. The average Bonchev–Trinajstić information content (AvgIpc) is 1.89. The van der Waals surface area contributed by atoms with E-state index in [4.69, 9.17) is 10.3 Å². The monoisotopic (exact) mass is 145 g/mol. The minimum Gasteiger partial charge on any atom is -0.411 e. The van der Waals surface area contributed by atoms with Gasteiger partial charge in [0.2, 0.25) is 0 Å². The van der Waals surface area contributed by atoms with Crippen LogP contribution in [0.4, 0.5) is 0 Å². The summed E-state index contributed by atoms with van der Waals surface area (Å²) in [4.78, 5) is 0. The van der Waals surface area contributed by atoms with Crippen LogP contribution in [-0.2, 0) is 0 Å². The number of unbranched alkanes of at least 4 members (excludes halogenated alkanes) is 2. The summed E-state index contributed by atoms with van der Waals surface area (Å²) < 4.78 is 0. The number of hydrogen-bond acceptors (Lipinski definition) is 3. The molecule has 0 heterocycles. The Morgan fingerprint density at radius 1 is 1.50 bits per heavy atom. The number of oxime groups is 1. The molecule has 3 nitrogen and oxygen atoms in total. The lowest BCUT2D eigenvalue weighted by Gasteiger charge is -2.01. The third kappa shape index (κ3) is 5.56. The quantitative estimate of drug-likeness (QED) is 0.266. The van der Waals surface area contributed by atoms with Gasteiger partial charge in [0.05, 0.1) is 12.3 Å². The zero-order valence-corrected chi connectivity index (χ0v) is 6.32. The Balaban J connectivity index is 3.13. The molecule has 60 valence electrons. The number of aliphatic hydroxyl groups is 1. The Morgan fingerprint density at radius 2 is 2.20 bits per heavy atom. The van der Waals surface area contributed by atoms with Crippen molar-refractivity contribution in [3.8, 4) is 0 Å². The highest BCUT2D eigenvalue weighted by atomic mass is 16.4. The van der Waals surface area contributed by atoms with Gasteiger partial charge in [-0.25, -0.2) is 0 Å². The van der Waals surface area contributed by atoms with Gasteiger partial charge in [0.15, 0.2) is 0 Å². The van der Waals surface area contributed by atoms with Crippen molar-refractivity contribution in [2.24, 2.45) is 5.16 Å². The lowest BCUT2D eigenvalue weighted by atomic mass is 10.1. The highest BCUT2D eigenvalue weighted by molar-refractivity contribution is 5.61. The fourth-order valence-electron chi connectivity index (χ4n) is 0.755. The lowest BCUT2D eigenvalue weighted by Crippen LogP contribution is -2.07. The van der Waals surface area contributed by atoms with Gasteiger partial charge in [0.25, 0.3) is 0 Å². The molecule has 0 fully saturated rings. The van der Waals surface area contributed by atoms with Crippen molar-refractivity contribution in [3.63, 3.8) is 0 Å². The molecule has 10 heavy (non-hydrogen) atoms. The zero-order valence-electron chi connectivity index (χ0n) is 6.32. The number of rotatable bonds is 5. The van der Waals surface area contributed by atoms with Crippen LogP contribution in [0, 0.1) is 0 Å². The second-order valence-corrected chi connectivity index (χ2v) is 2.33. The topological polar surface area (TPSA) is 52.8 Å². The van der Waals surface area contributed by atoms with Gasteiger partial charge >= 0.3 is 0 Å². The molecule has 0 rings (SSSR count). The van der Waals surface area contributed by atoms with E-state index in [9.17, 15) is 0 Å². The van der Waals surface area contributed by atoms with Gasteiger partial charge in [-0.05, 0) is 6.42 Å². The normalized spacial score (nSPS) is 14.2. The third-order valence-corrected chi connectivity index (χ3v) is 1.34. The molecule has 0 amide bonds. The first-order valence-electron chi connectivity index (χ1n) is 3.67. The molecule has 0 saturated heterocycles. The summed E-state index contributed by atoms with van der Waals surface area (Å²) in [6.45, 7) is 2.10. The predicted molar refractivity (Wildman–Crippen MR) is 40.4 cm³/mol. The fraction of sp³-hybridized carbons (Fsp3) is 0.857. The molecular formula is C7H15NO2. The molecule has 0 saturated carbocycles. The second-order valence-electron chi connectivity index (χ2n) is 2.33. The van der Waals surface area contributed by atoms with Crippen LogP contribution in [0.25, 0.3) is 0 Å². The molecule has 0 aromatic carbocycles. The van der Waals surface area contributed by atoms with Gasteiger partial charge in [-0.15, -0.1) is 0 Å². The summed E-state index contributed by atoms with van der Waals surface area (Å²) in [5.74, 6) is 0. The molecule has 2 N–H and O–H groups in total. The Labute approximate surface area is 61.4 Å². The van der Waals surface area contributed by atoms with Crippen LogP contribution in [0.3, 0.4) is 0 Å². The van der Waals surface area contributed by atoms with Crippen LogP contribution < -0.4 is 0 Å². The van der Waals surface area contributed by atoms with Gasteiger partial charge < -0.3 is 10.3 Å². The summed E-state index contributed by atoms with van der Waals surface area (Å²) in [5, 5.41) is 19.7. The number of aliphatic hydroxyl groups excluding tert-OH is 1. The molecule has 0 aliphatic heterocycles. The first-order chi connectivity index (χ1) is 4.81. The minimum absolute atomic E-state index is 0.573. The smallest absolute Gasteiger partial charge is 0.0924 e. The largest absolute Gasteiger partial charge is 0.411 e. The first-order valence-corrected chi connectivity index (χ1v) is 3.67. The number of nitrogens with zero attached hydrogens (tertiary/aromatic N) is 1. The fourth-order valence-corrected chi connectivity index (χ4v) is 0.755. The van der Waals surface area contributed by atoms with Crippen LogP contribution in [0.1, 0.15) is 32.6 Å². The van der Waals surface area contributed by atoms with Crippen molar-refractivity contribution in [1.29, 1.82) is 0 Å². The predicted octanol–water partition coefficient (Wildman–Crippen LogP) is 1.39. The summed E-state index contributed by atoms with van der Waals surface area (Å²) in [6, 6.07) is 0. The maximum Gasteiger partial charge on any atom is 0.0924 e. The molecule has 0 aromatic rings. The molecule has 3 heteroatoms. The van der Waals surface area contributed by atoms with Crippen molar-refractivity contribution in [2.45, 2.75) is 38.7 Å². The van der Waals surface area contributed by atoms with Gasteiger partial charge in [0.1, 0.15) is 0 Å². The minimum atomic E-state index is -0.573. The van der Waals surface area contributed by atoms with E-state index in [1.54, 1.807) is 0 Å². The van der Waals surface area contributed by atoms with E-state index in [0.29, 0.717) is 6.42 Å². The first kappa shape index (κ1) is 9.43. The Hall–Kier alpha value is -0.570. The van der Waals surface area contributed by atoms with Gasteiger partial charge in [0, 0.05) is 0 Å². The van der Waals surface area contributed by atoms with Crippen molar-refractivity contribution >= 4 is 6.21 Å². The molecule has 1 unspecified atom stereocenters. The molecular weight excluding hydrogens is 130 g/mol. The molecule has 0 spiro atoms. The third-order valence-electron chi connectivity index (χ3n) is 1.34. The molecule has 0 bridgehead atoms. The highest BCUT2D eigenvalue weighted by Gasteiger charge is 1.97. The molecule has 0 aliphatic rings. The summed E-state index contributed by atoms with van der Waals surface area (Å²) in [6.07, 6.45) is 4.52. The lowest BCUT2D eigenvalue weighted by molar-refractivity contribution is 0.222. The number of hydrogen-bond donors (Lipinski definition) is 2. The zero-order chi connectivity index (χ0) is 7.82. The van der Waals surface area contributed by atoms with Crippen LogP contribution in [0.2, 0.25) is 0 Å². The van der Waals surface area contributed by atoms with Crippen LogP contribution in [-0.4, -0.2) is 22.6 Å². The summed E-state index contributed by atoms with van der Waals surface area (Å²) in [7, 11) is 0. The summed E-state index contributed by atoms with van der Waals surface area (Å²) in [5.41, 5.74) is 0. The maximum absolute atomic E-state index is 8.97. The molecule has 0 radical (unpaired) electrons. The molecule has 1 atom stereocenters. The maximum atomic E-state index is 8.97. The average molecular weight is 145 g/mol. The van der Waals surface area contributed by atoms with Gasteiger partial charge in [-0.3, -0.25) is 0 Å². The van der Waals surface area contributed by atoms with Crippen molar-refractivity contribution in [2.75, 3.05) is 0 Å². The Morgan fingerprint density at radius 3 is 2.70 bits per heavy atom. The van der Waals surface area contributed by atoms with Gasteiger partial charge in [-0.1, -0.05) is 31.3 Å². The van der Waals surface area contributed by atoms with Crippen molar-refractivity contribution in [3.05, 3.63) is 0 Å². The Kier molecular flexibility index (Phi) is 6.18. The van der Waals surface area contributed by atoms with Crippen LogP contribution in [0.5, 0.6) is 0 Å². The second kappa shape index (κ2) is 6.55. The van der Waals surface area contributed by atoms with E-state index in [0.717, 1.165) is 25.5 Å². The molecule has 0 aromatic heterocycles. The van der Waals surface area contributed by atoms with Crippen molar-refractivity contribution in [1.82, 2.24) is 0 Å². The van der Waals surface area contributed by atoms with E-state index in [-0.39, 0.29) is 0 Å².